The molecule has 2 aliphatic rings. The van der Waals surface area contributed by atoms with E-state index in [1.165, 1.54) is 68.5 Å². The summed E-state index contributed by atoms with van der Waals surface area (Å²) in [4.78, 5) is 2.61. The van der Waals surface area contributed by atoms with E-state index < -0.39 is 0 Å². The summed E-state index contributed by atoms with van der Waals surface area (Å²) in [6.45, 7) is 5.85. The normalized spacial score (nSPS) is 21.8. The van der Waals surface area contributed by atoms with E-state index in [-0.39, 0.29) is 0 Å². The first kappa shape index (κ1) is 17.2. The van der Waals surface area contributed by atoms with Gasteiger partial charge < -0.3 is 0 Å². The highest BCUT2D eigenvalue weighted by molar-refractivity contribution is 5.53. The van der Waals surface area contributed by atoms with Crippen LogP contribution in [0.25, 0.3) is 0 Å². The second-order valence-corrected chi connectivity index (χ2v) is 7.07. The molecule has 0 unspecified atom stereocenters. The van der Waals surface area contributed by atoms with Crippen molar-refractivity contribution in [2.45, 2.75) is 51.9 Å². The van der Waals surface area contributed by atoms with Gasteiger partial charge in [0, 0.05) is 12.2 Å². The average Bonchev–Trinajstić information content (AvgIpc) is 2.90. The average molecular weight is 326 g/mol. The van der Waals surface area contributed by atoms with Crippen molar-refractivity contribution in [1.82, 2.24) is 4.90 Å². The summed E-state index contributed by atoms with van der Waals surface area (Å²) in [7, 11) is 0. The molecule has 1 aliphatic carbocycles. The molecule has 0 saturated carbocycles. The Morgan fingerprint density at radius 1 is 1.00 bits per heavy atom. The predicted octanol–water partition coefficient (Wildman–Crippen LogP) is 4.63. The lowest BCUT2D eigenvalue weighted by Gasteiger charge is -2.29. The maximum atomic E-state index is 6.42. The molecule has 1 aromatic carbocycles. The molecule has 0 bridgehead atoms. The van der Waals surface area contributed by atoms with Crippen LogP contribution in [0.15, 0.2) is 53.3 Å². The maximum absolute atomic E-state index is 6.42. The van der Waals surface area contributed by atoms with E-state index in [4.69, 9.17) is 5.84 Å². The minimum absolute atomic E-state index is 1.07. The molecule has 1 fully saturated rings. The van der Waals surface area contributed by atoms with Crippen LogP contribution in [0.5, 0.6) is 0 Å². The van der Waals surface area contributed by atoms with E-state index in [1.807, 2.05) is 23.2 Å². The van der Waals surface area contributed by atoms with Crippen molar-refractivity contribution in [1.29, 1.82) is 0 Å². The topological polar surface area (TPSA) is 32.5 Å². The highest BCUT2D eigenvalue weighted by atomic mass is 15.4. The Morgan fingerprint density at radius 3 is 2.42 bits per heavy atom. The molecule has 1 aliphatic heterocycles. The highest BCUT2D eigenvalue weighted by Crippen LogP contribution is 2.32. The second-order valence-electron chi connectivity index (χ2n) is 7.07. The number of para-hydroxylation sites is 1. The summed E-state index contributed by atoms with van der Waals surface area (Å²) < 4.78 is 0. The Bertz CT molecular complexity index is 580. The molecule has 0 radical (unpaired) electrons. The number of hydrogen-bond acceptors (Lipinski definition) is 3. The van der Waals surface area contributed by atoms with Crippen LogP contribution in [0, 0.1) is 0 Å². The number of hydrogen-bond donors (Lipinski definition) is 1. The van der Waals surface area contributed by atoms with Crippen molar-refractivity contribution in [3.05, 3.63) is 53.3 Å². The van der Waals surface area contributed by atoms with Gasteiger partial charge in [-0.1, -0.05) is 37.1 Å². The number of likely N-dealkylation sites (tertiary alicyclic amines) is 1. The van der Waals surface area contributed by atoms with Crippen LogP contribution in [0.1, 0.15) is 51.9 Å². The van der Waals surface area contributed by atoms with Gasteiger partial charge in [-0.3, -0.25) is 9.91 Å². The van der Waals surface area contributed by atoms with Crippen LogP contribution in [0.3, 0.4) is 0 Å². The largest absolute Gasteiger partial charge is 0.300 e. The number of rotatable bonds is 4. The number of hydrazine groups is 1. The molecule has 130 valence electrons. The summed E-state index contributed by atoms with van der Waals surface area (Å²) >= 11 is 0. The zero-order valence-electron chi connectivity index (χ0n) is 15.0. The van der Waals surface area contributed by atoms with E-state index in [9.17, 15) is 0 Å². The van der Waals surface area contributed by atoms with E-state index in [1.54, 1.807) is 0 Å². The third-order valence-corrected chi connectivity index (χ3v) is 5.39. The van der Waals surface area contributed by atoms with Gasteiger partial charge in [-0.05, 0) is 75.4 Å². The zero-order chi connectivity index (χ0) is 16.8. The molecule has 1 aromatic rings. The SMILES string of the molecule is CC1=C(N(N)c2ccccc2)CCC/C1=C\CN1CCCCCC1. The molecule has 3 rings (SSSR count). The molecule has 1 saturated heterocycles. The van der Waals surface area contributed by atoms with Gasteiger partial charge in [-0.15, -0.1) is 0 Å². The fraction of sp³-hybridized carbons (Fsp3) is 0.524. The molecule has 0 amide bonds. The van der Waals surface area contributed by atoms with Gasteiger partial charge in [0.05, 0.1) is 5.69 Å². The number of nitrogens with zero attached hydrogens (tertiary/aromatic N) is 2. The second kappa shape index (κ2) is 8.50. The fourth-order valence-corrected chi connectivity index (χ4v) is 3.87. The summed E-state index contributed by atoms with van der Waals surface area (Å²) in [5.74, 6) is 6.42. The maximum Gasteiger partial charge on any atom is 0.0571 e. The van der Waals surface area contributed by atoms with Crippen LogP contribution in [0.4, 0.5) is 5.69 Å². The summed E-state index contributed by atoms with van der Waals surface area (Å²) in [5.41, 5.74) is 5.21. The Balaban J connectivity index is 1.73. The fourth-order valence-electron chi connectivity index (χ4n) is 3.87. The summed E-state index contributed by atoms with van der Waals surface area (Å²) in [6, 6.07) is 10.3. The lowest BCUT2D eigenvalue weighted by molar-refractivity contribution is 0.315. The third-order valence-electron chi connectivity index (χ3n) is 5.39. The van der Waals surface area contributed by atoms with Crippen molar-refractivity contribution in [2.75, 3.05) is 24.6 Å². The van der Waals surface area contributed by atoms with Gasteiger partial charge in [0.15, 0.2) is 0 Å². The molecule has 2 N–H and O–H groups in total. The number of allylic oxidation sites excluding steroid dienone is 3. The van der Waals surface area contributed by atoms with Crippen LogP contribution >= 0.6 is 0 Å². The first-order valence-corrected chi connectivity index (χ1v) is 9.47. The molecule has 0 atom stereocenters. The van der Waals surface area contributed by atoms with Gasteiger partial charge in [-0.25, -0.2) is 5.84 Å². The Labute approximate surface area is 146 Å². The van der Waals surface area contributed by atoms with Gasteiger partial charge in [0.1, 0.15) is 0 Å². The Hall–Kier alpha value is -1.58. The minimum Gasteiger partial charge on any atom is -0.300 e. The molecule has 0 spiro atoms. The van der Waals surface area contributed by atoms with Crippen molar-refractivity contribution in [2.24, 2.45) is 5.84 Å². The molecular formula is C21H31N3. The van der Waals surface area contributed by atoms with Gasteiger partial charge in [-0.2, -0.15) is 0 Å². The van der Waals surface area contributed by atoms with Crippen molar-refractivity contribution in [3.63, 3.8) is 0 Å². The Kier molecular flexibility index (Phi) is 6.11. The number of anilines is 1. The third kappa shape index (κ3) is 4.28. The molecule has 3 heteroatoms. The van der Waals surface area contributed by atoms with E-state index in [2.05, 4.69) is 30.0 Å². The van der Waals surface area contributed by atoms with Crippen molar-refractivity contribution < 1.29 is 0 Å². The molecule has 0 aromatic heterocycles. The Morgan fingerprint density at radius 2 is 1.71 bits per heavy atom. The molecular weight excluding hydrogens is 294 g/mol. The predicted molar refractivity (Wildman–Crippen MR) is 103 cm³/mol. The zero-order valence-corrected chi connectivity index (χ0v) is 15.0. The summed E-state index contributed by atoms with van der Waals surface area (Å²) in [6.07, 6.45) is 11.4. The van der Waals surface area contributed by atoms with Crippen LogP contribution in [-0.4, -0.2) is 24.5 Å². The number of nitrogens with two attached hydrogens (primary N) is 1. The van der Waals surface area contributed by atoms with Gasteiger partial charge in [0.2, 0.25) is 0 Å². The van der Waals surface area contributed by atoms with Crippen molar-refractivity contribution >= 4 is 5.69 Å². The molecule has 24 heavy (non-hydrogen) atoms. The van der Waals surface area contributed by atoms with E-state index in [0.29, 0.717) is 0 Å². The van der Waals surface area contributed by atoms with Crippen LogP contribution in [-0.2, 0) is 0 Å². The first-order chi connectivity index (χ1) is 11.8. The van der Waals surface area contributed by atoms with E-state index >= 15 is 0 Å². The van der Waals surface area contributed by atoms with Crippen molar-refractivity contribution in [3.8, 4) is 0 Å². The molecule has 3 nitrogen and oxygen atoms in total. The quantitative estimate of drug-likeness (QED) is 0.647. The first-order valence-electron chi connectivity index (χ1n) is 9.47. The summed E-state index contributed by atoms with van der Waals surface area (Å²) in [5, 5.41) is 1.88. The van der Waals surface area contributed by atoms with Crippen LogP contribution in [0.2, 0.25) is 0 Å². The lowest BCUT2D eigenvalue weighted by Crippen LogP contribution is -2.32. The standard InChI is InChI=1S/C21H31N3/c1-18-19(14-17-23-15-7-2-3-8-16-23)10-9-13-21(18)24(22)20-11-5-4-6-12-20/h4-6,11-12,14H,2-3,7-10,13,15-17,22H2,1H3/b19-14+. The van der Waals surface area contributed by atoms with E-state index in [0.717, 1.165) is 18.7 Å². The van der Waals surface area contributed by atoms with Gasteiger partial charge >= 0.3 is 0 Å². The smallest absolute Gasteiger partial charge is 0.0571 e. The number of benzene rings is 1. The highest BCUT2D eigenvalue weighted by Gasteiger charge is 2.19. The van der Waals surface area contributed by atoms with Crippen LogP contribution < -0.4 is 10.9 Å². The molecule has 1 heterocycles. The monoisotopic (exact) mass is 325 g/mol. The lowest BCUT2D eigenvalue weighted by atomic mass is 9.91. The minimum atomic E-state index is 1.07. The van der Waals surface area contributed by atoms with Gasteiger partial charge in [0.25, 0.3) is 0 Å².